The molecule has 0 bridgehead atoms. The second-order valence-corrected chi connectivity index (χ2v) is 4.89. The fourth-order valence-corrected chi connectivity index (χ4v) is 2.28. The van der Waals surface area contributed by atoms with Crippen molar-refractivity contribution in [3.8, 4) is 0 Å². The smallest absolute Gasteiger partial charge is 0.0213 e. The van der Waals surface area contributed by atoms with Crippen LogP contribution in [0.1, 0.15) is 89.5 Å². The predicted molar refractivity (Wildman–Crippen MR) is 86.8 cm³/mol. The lowest BCUT2D eigenvalue weighted by molar-refractivity contribution is 0.781. The van der Waals surface area contributed by atoms with Crippen LogP contribution < -0.4 is 0 Å². The van der Waals surface area contributed by atoms with E-state index in [1.165, 1.54) is 16.7 Å². The molecule has 0 saturated heterocycles. The molecule has 0 heterocycles. The highest BCUT2D eigenvalue weighted by molar-refractivity contribution is 5.41. The quantitative estimate of drug-likeness (QED) is 0.554. The van der Waals surface area contributed by atoms with Crippen molar-refractivity contribution in [2.24, 2.45) is 0 Å². The lowest BCUT2D eigenvalue weighted by atomic mass is 9.86. The maximum Gasteiger partial charge on any atom is -0.0213 e. The molecule has 0 fully saturated rings. The summed E-state index contributed by atoms with van der Waals surface area (Å²) >= 11 is 0. The summed E-state index contributed by atoms with van der Waals surface area (Å²) in [4.78, 5) is 0. The van der Waals surface area contributed by atoms with Crippen molar-refractivity contribution in [3.05, 3.63) is 34.4 Å². The van der Waals surface area contributed by atoms with Crippen LogP contribution in [0, 0.1) is 13.8 Å². The minimum absolute atomic E-state index is 0.631. The van der Waals surface area contributed by atoms with E-state index in [1.807, 2.05) is 27.7 Å². The number of rotatable bonds is 2. The van der Waals surface area contributed by atoms with Crippen LogP contribution in [0.25, 0.3) is 0 Å². The minimum Gasteiger partial charge on any atom is -0.0683 e. The molecule has 1 aromatic rings. The number of benzene rings is 1. The van der Waals surface area contributed by atoms with Gasteiger partial charge in [-0.2, -0.15) is 0 Å². The van der Waals surface area contributed by atoms with E-state index in [1.54, 1.807) is 5.56 Å². The Bertz CT molecular complexity index is 319. The molecular formula is C18H34. The SMILES string of the molecule is CC.CC.Cc1cc(C)c(C(C)C)c(C(C)C)c1. The fourth-order valence-electron chi connectivity index (χ4n) is 2.28. The highest BCUT2D eigenvalue weighted by Crippen LogP contribution is 2.29. The van der Waals surface area contributed by atoms with Crippen molar-refractivity contribution in [3.63, 3.8) is 0 Å². The van der Waals surface area contributed by atoms with Gasteiger partial charge in [-0.3, -0.25) is 0 Å². The van der Waals surface area contributed by atoms with Crippen LogP contribution in [0.3, 0.4) is 0 Å². The molecule has 0 aromatic heterocycles. The Morgan fingerprint density at radius 2 is 1.17 bits per heavy atom. The zero-order valence-corrected chi connectivity index (χ0v) is 14.3. The molecule has 0 aliphatic rings. The van der Waals surface area contributed by atoms with Crippen molar-refractivity contribution in [1.82, 2.24) is 0 Å². The highest BCUT2D eigenvalue weighted by Gasteiger charge is 2.12. The number of hydrogen-bond acceptors (Lipinski definition) is 0. The average molecular weight is 250 g/mol. The van der Waals surface area contributed by atoms with Crippen LogP contribution in [0.2, 0.25) is 0 Å². The second kappa shape index (κ2) is 10.2. The van der Waals surface area contributed by atoms with Crippen LogP contribution in [0.5, 0.6) is 0 Å². The van der Waals surface area contributed by atoms with Gasteiger partial charge in [-0.25, -0.2) is 0 Å². The van der Waals surface area contributed by atoms with E-state index < -0.39 is 0 Å². The largest absolute Gasteiger partial charge is 0.0683 e. The summed E-state index contributed by atoms with van der Waals surface area (Å²) in [6.45, 7) is 21.5. The lowest BCUT2D eigenvalue weighted by Gasteiger charge is -2.19. The molecule has 0 radical (unpaired) electrons. The third-order valence-corrected chi connectivity index (χ3v) is 2.76. The molecule has 1 rings (SSSR count). The van der Waals surface area contributed by atoms with Gasteiger partial charge in [0.2, 0.25) is 0 Å². The third kappa shape index (κ3) is 5.71. The first kappa shape index (κ1) is 19.6. The maximum absolute atomic E-state index is 2.34. The van der Waals surface area contributed by atoms with Gasteiger partial charge in [-0.15, -0.1) is 0 Å². The first-order valence-corrected chi connectivity index (χ1v) is 7.54. The molecule has 0 nitrogen and oxygen atoms in total. The molecule has 0 aliphatic heterocycles. The Hall–Kier alpha value is -0.780. The Kier molecular flexibility index (Phi) is 11.1. The zero-order valence-electron chi connectivity index (χ0n) is 14.3. The summed E-state index contributed by atoms with van der Waals surface area (Å²) in [7, 11) is 0. The molecule has 0 spiro atoms. The summed E-state index contributed by atoms with van der Waals surface area (Å²) in [5, 5.41) is 0. The summed E-state index contributed by atoms with van der Waals surface area (Å²) in [5.74, 6) is 1.26. The first-order valence-electron chi connectivity index (χ1n) is 7.54. The minimum atomic E-state index is 0.631. The topological polar surface area (TPSA) is 0 Å². The van der Waals surface area contributed by atoms with Gasteiger partial charge >= 0.3 is 0 Å². The molecule has 0 N–H and O–H groups in total. The molecule has 0 heteroatoms. The normalized spacial score (nSPS) is 9.56. The van der Waals surface area contributed by atoms with Gasteiger partial charge < -0.3 is 0 Å². The van der Waals surface area contributed by atoms with Gasteiger partial charge in [-0.05, 0) is 42.4 Å². The Morgan fingerprint density at radius 3 is 1.50 bits per heavy atom. The van der Waals surface area contributed by atoms with Crippen LogP contribution >= 0.6 is 0 Å². The summed E-state index contributed by atoms with van der Waals surface area (Å²) in [6.07, 6.45) is 0. The van der Waals surface area contributed by atoms with Gasteiger partial charge in [-0.1, -0.05) is 73.1 Å². The van der Waals surface area contributed by atoms with Gasteiger partial charge in [0.05, 0.1) is 0 Å². The van der Waals surface area contributed by atoms with Gasteiger partial charge in [0.25, 0.3) is 0 Å². The van der Waals surface area contributed by atoms with Crippen LogP contribution in [0.15, 0.2) is 12.1 Å². The zero-order chi connectivity index (χ0) is 14.9. The van der Waals surface area contributed by atoms with Crippen molar-refractivity contribution in [2.45, 2.75) is 81.1 Å². The van der Waals surface area contributed by atoms with E-state index in [-0.39, 0.29) is 0 Å². The van der Waals surface area contributed by atoms with Crippen molar-refractivity contribution in [1.29, 1.82) is 0 Å². The van der Waals surface area contributed by atoms with Crippen LogP contribution in [-0.2, 0) is 0 Å². The molecule has 1 aromatic carbocycles. The van der Waals surface area contributed by atoms with Crippen LogP contribution in [-0.4, -0.2) is 0 Å². The predicted octanol–water partition coefficient (Wildman–Crippen LogP) is 6.60. The Morgan fingerprint density at radius 1 is 0.722 bits per heavy atom. The van der Waals surface area contributed by atoms with E-state index in [0.717, 1.165) is 0 Å². The van der Waals surface area contributed by atoms with Crippen molar-refractivity contribution in [2.75, 3.05) is 0 Å². The summed E-state index contributed by atoms with van der Waals surface area (Å²) < 4.78 is 0. The van der Waals surface area contributed by atoms with Gasteiger partial charge in [0, 0.05) is 0 Å². The molecule has 18 heavy (non-hydrogen) atoms. The van der Waals surface area contributed by atoms with Crippen molar-refractivity contribution >= 4 is 0 Å². The lowest BCUT2D eigenvalue weighted by Crippen LogP contribution is -2.02. The summed E-state index contributed by atoms with van der Waals surface area (Å²) in [6, 6.07) is 4.63. The second-order valence-electron chi connectivity index (χ2n) is 4.89. The first-order chi connectivity index (χ1) is 8.43. The molecule has 0 atom stereocenters. The number of aryl methyl sites for hydroxylation is 2. The maximum atomic E-state index is 2.34. The molecule has 0 amide bonds. The third-order valence-electron chi connectivity index (χ3n) is 2.76. The Labute approximate surface area is 116 Å². The molecule has 0 saturated carbocycles. The molecule has 0 aliphatic carbocycles. The van der Waals surface area contributed by atoms with E-state index >= 15 is 0 Å². The van der Waals surface area contributed by atoms with E-state index in [9.17, 15) is 0 Å². The van der Waals surface area contributed by atoms with E-state index in [0.29, 0.717) is 11.8 Å². The molecule has 0 unspecified atom stereocenters. The van der Waals surface area contributed by atoms with Crippen molar-refractivity contribution < 1.29 is 0 Å². The average Bonchev–Trinajstić information content (AvgIpc) is 2.32. The van der Waals surface area contributed by atoms with E-state index in [2.05, 4.69) is 53.7 Å². The standard InChI is InChI=1S/C14H22.2C2H6/c1-9(2)13-8-11(5)7-12(6)14(13)10(3)4;2*1-2/h7-10H,1-6H3;2*1-2H3. The highest BCUT2D eigenvalue weighted by atomic mass is 14.2. The fraction of sp³-hybridized carbons (Fsp3) is 0.667. The number of hydrogen-bond donors (Lipinski definition) is 0. The Balaban J connectivity index is 0. The summed E-state index contributed by atoms with van der Waals surface area (Å²) in [5.41, 5.74) is 5.91. The van der Waals surface area contributed by atoms with Gasteiger partial charge in [0.15, 0.2) is 0 Å². The molecular weight excluding hydrogens is 216 g/mol. The van der Waals surface area contributed by atoms with Crippen LogP contribution in [0.4, 0.5) is 0 Å². The molecule has 106 valence electrons. The van der Waals surface area contributed by atoms with Gasteiger partial charge in [0.1, 0.15) is 0 Å². The monoisotopic (exact) mass is 250 g/mol. The van der Waals surface area contributed by atoms with E-state index in [4.69, 9.17) is 0 Å².